The van der Waals surface area contributed by atoms with Gasteiger partial charge in [-0.25, -0.2) is 8.78 Å². The zero-order valence-corrected chi connectivity index (χ0v) is 11.3. The predicted octanol–water partition coefficient (Wildman–Crippen LogP) is 1.44. The molecule has 0 aliphatic heterocycles. The average Bonchev–Trinajstić information content (AvgIpc) is 2.51. The molecule has 0 amide bonds. The monoisotopic (exact) mass is 297 g/mol. The van der Waals surface area contributed by atoms with E-state index < -0.39 is 23.4 Å². The number of nitrogen functional groups attached to an aromatic ring is 1. The number of nitrogens with zero attached hydrogens (tertiary/aromatic N) is 2. The van der Waals surface area contributed by atoms with Crippen LogP contribution in [0.3, 0.4) is 0 Å². The van der Waals surface area contributed by atoms with E-state index in [0.717, 1.165) is 12.1 Å². The minimum atomic E-state index is -1.45. The molecule has 21 heavy (non-hydrogen) atoms. The second kappa shape index (κ2) is 5.88. The number of halogens is 2. The third-order valence-electron chi connectivity index (χ3n) is 2.82. The Hall–Kier alpha value is -2.48. The summed E-state index contributed by atoms with van der Waals surface area (Å²) in [7, 11) is 2.76. The van der Waals surface area contributed by atoms with Crippen molar-refractivity contribution in [3.8, 4) is 11.8 Å². The second-order valence-electron chi connectivity index (χ2n) is 4.08. The van der Waals surface area contributed by atoms with E-state index in [-0.39, 0.29) is 23.1 Å². The molecule has 1 unspecified atom stereocenters. The molecule has 8 heteroatoms. The fourth-order valence-electron chi connectivity index (χ4n) is 1.71. The third-order valence-corrected chi connectivity index (χ3v) is 2.82. The molecule has 1 atom stereocenters. The molecule has 2 rings (SSSR count). The zero-order valence-electron chi connectivity index (χ0n) is 11.3. The van der Waals surface area contributed by atoms with Gasteiger partial charge < -0.3 is 20.3 Å². The summed E-state index contributed by atoms with van der Waals surface area (Å²) in [4.78, 5) is 7.87. The molecule has 0 saturated heterocycles. The highest BCUT2D eigenvalue weighted by Gasteiger charge is 2.22. The maximum absolute atomic E-state index is 13.5. The van der Waals surface area contributed by atoms with Crippen LogP contribution in [0, 0.1) is 11.6 Å². The minimum absolute atomic E-state index is 0.0517. The van der Waals surface area contributed by atoms with Crippen LogP contribution < -0.4 is 15.2 Å². The average molecular weight is 297 g/mol. The number of anilines is 1. The maximum Gasteiger partial charge on any atom is 0.220 e. The number of rotatable bonds is 4. The number of ether oxygens (including phenoxy) is 2. The molecule has 0 bridgehead atoms. The third kappa shape index (κ3) is 2.84. The maximum atomic E-state index is 13.5. The first-order valence-corrected chi connectivity index (χ1v) is 5.86. The molecule has 0 aliphatic carbocycles. The molecule has 0 aliphatic rings. The lowest BCUT2D eigenvalue weighted by Crippen LogP contribution is -2.11. The SMILES string of the molecule is COc1cc(OC)nc(C(O)c2ccc(F)c(F)c2N)n1. The number of aromatic nitrogens is 2. The Morgan fingerprint density at radius 2 is 1.71 bits per heavy atom. The molecule has 3 N–H and O–H groups in total. The Morgan fingerprint density at radius 1 is 1.14 bits per heavy atom. The van der Waals surface area contributed by atoms with E-state index in [4.69, 9.17) is 15.2 Å². The van der Waals surface area contributed by atoms with E-state index >= 15 is 0 Å². The van der Waals surface area contributed by atoms with E-state index in [9.17, 15) is 13.9 Å². The molecule has 112 valence electrons. The van der Waals surface area contributed by atoms with Gasteiger partial charge in [0.1, 0.15) is 6.10 Å². The van der Waals surface area contributed by atoms with Crippen LogP contribution in [0.15, 0.2) is 18.2 Å². The summed E-state index contributed by atoms with van der Waals surface area (Å²) < 4.78 is 36.4. The van der Waals surface area contributed by atoms with Crippen LogP contribution in [0.5, 0.6) is 11.8 Å². The molecule has 0 spiro atoms. The smallest absolute Gasteiger partial charge is 0.220 e. The Labute approximate surface area is 119 Å². The van der Waals surface area contributed by atoms with Crippen molar-refractivity contribution in [1.82, 2.24) is 9.97 Å². The molecular formula is C13H13F2N3O3. The van der Waals surface area contributed by atoms with Crippen LogP contribution >= 0.6 is 0 Å². The standard InChI is InChI=1S/C13H13F2N3O3/c1-20-8-5-9(21-2)18-13(17-8)12(19)6-3-4-7(14)10(15)11(6)16/h3-5,12,19H,16H2,1-2H3. The van der Waals surface area contributed by atoms with E-state index in [2.05, 4.69) is 9.97 Å². The predicted molar refractivity (Wildman–Crippen MR) is 70.0 cm³/mol. The fourth-order valence-corrected chi connectivity index (χ4v) is 1.71. The van der Waals surface area contributed by atoms with E-state index in [0.29, 0.717) is 0 Å². The minimum Gasteiger partial charge on any atom is -0.481 e. The summed E-state index contributed by atoms with van der Waals surface area (Å²) in [5, 5.41) is 10.2. The van der Waals surface area contributed by atoms with Gasteiger partial charge in [0.15, 0.2) is 17.5 Å². The lowest BCUT2D eigenvalue weighted by atomic mass is 10.1. The van der Waals surface area contributed by atoms with Crippen LogP contribution in [0.1, 0.15) is 17.5 Å². The van der Waals surface area contributed by atoms with Crippen molar-refractivity contribution in [2.24, 2.45) is 0 Å². The molecule has 1 heterocycles. The van der Waals surface area contributed by atoms with Crippen LogP contribution in [0.4, 0.5) is 14.5 Å². The number of hydrogen-bond donors (Lipinski definition) is 2. The van der Waals surface area contributed by atoms with Gasteiger partial charge in [0.05, 0.1) is 26.0 Å². The Kier molecular flexibility index (Phi) is 4.18. The van der Waals surface area contributed by atoms with Crippen molar-refractivity contribution in [3.05, 3.63) is 41.2 Å². The molecule has 6 nitrogen and oxygen atoms in total. The number of benzene rings is 1. The van der Waals surface area contributed by atoms with Crippen LogP contribution in [0.25, 0.3) is 0 Å². The number of aliphatic hydroxyl groups excluding tert-OH is 1. The first kappa shape index (κ1) is 14.9. The summed E-state index contributed by atoms with van der Waals surface area (Å²) in [6.45, 7) is 0. The van der Waals surface area contributed by atoms with Crippen molar-refractivity contribution >= 4 is 5.69 Å². The quantitative estimate of drug-likeness (QED) is 0.830. The Bertz CT molecular complexity index is 645. The number of nitrogens with two attached hydrogens (primary N) is 1. The molecule has 2 aromatic rings. The molecular weight excluding hydrogens is 284 g/mol. The highest BCUT2D eigenvalue weighted by Crippen LogP contribution is 2.29. The van der Waals surface area contributed by atoms with E-state index in [1.54, 1.807) is 0 Å². The van der Waals surface area contributed by atoms with Gasteiger partial charge in [-0.15, -0.1) is 0 Å². The molecule has 1 aromatic heterocycles. The number of aliphatic hydroxyl groups is 1. The van der Waals surface area contributed by atoms with Gasteiger partial charge >= 0.3 is 0 Å². The number of methoxy groups -OCH3 is 2. The highest BCUT2D eigenvalue weighted by atomic mass is 19.2. The largest absolute Gasteiger partial charge is 0.481 e. The normalized spacial score (nSPS) is 12.0. The first-order valence-electron chi connectivity index (χ1n) is 5.86. The highest BCUT2D eigenvalue weighted by molar-refractivity contribution is 5.51. The molecule has 0 radical (unpaired) electrons. The summed E-state index contributed by atoms with van der Waals surface area (Å²) in [5.41, 5.74) is 4.91. The van der Waals surface area contributed by atoms with Crippen molar-refractivity contribution in [1.29, 1.82) is 0 Å². The first-order chi connectivity index (χ1) is 9.97. The Morgan fingerprint density at radius 3 is 2.24 bits per heavy atom. The van der Waals surface area contributed by atoms with Gasteiger partial charge in [0, 0.05) is 5.56 Å². The van der Waals surface area contributed by atoms with Crippen molar-refractivity contribution in [2.45, 2.75) is 6.10 Å². The fraction of sp³-hybridized carbons (Fsp3) is 0.231. The zero-order chi connectivity index (χ0) is 15.6. The lowest BCUT2D eigenvalue weighted by Gasteiger charge is -2.14. The summed E-state index contributed by atoms with van der Waals surface area (Å²) in [6, 6.07) is 3.43. The summed E-state index contributed by atoms with van der Waals surface area (Å²) in [5.74, 6) is -2.15. The van der Waals surface area contributed by atoms with E-state index in [1.165, 1.54) is 20.3 Å². The van der Waals surface area contributed by atoms with Gasteiger partial charge in [0.25, 0.3) is 0 Å². The summed E-state index contributed by atoms with van der Waals surface area (Å²) in [6.07, 6.45) is -1.45. The van der Waals surface area contributed by atoms with E-state index in [1.807, 2.05) is 0 Å². The lowest BCUT2D eigenvalue weighted by molar-refractivity contribution is 0.206. The van der Waals surface area contributed by atoms with Crippen LogP contribution in [-0.2, 0) is 0 Å². The van der Waals surface area contributed by atoms with Gasteiger partial charge in [-0.2, -0.15) is 9.97 Å². The van der Waals surface area contributed by atoms with Crippen LogP contribution in [0.2, 0.25) is 0 Å². The molecule has 0 saturated carbocycles. The molecule has 0 fully saturated rings. The van der Waals surface area contributed by atoms with Gasteiger partial charge in [-0.1, -0.05) is 6.07 Å². The Balaban J connectivity index is 2.49. The summed E-state index contributed by atoms with van der Waals surface area (Å²) >= 11 is 0. The second-order valence-corrected chi connectivity index (χ2v) is 4.08. The van der Waals surface area contributed by atoms with Crippen LogP contribution in [-0.4, -0.2) is 29.3 Å². The van der Waals surface area contributed by atoms with Gasteiger partial charge in [0.2, 0.25) is 11.8 Å². The van der Waals surface area contributed by atoms with Crippen molar-refractivity contribution in [2.75, 3.05) is 20.0 Å². The van der Waals surface area contributed by atoms with Gasteiger partial charge in [-0.3, -0.25) is 0 Å². The van der Waals surface area contributed by atoms with Crippen molar-refractivity contribution in [3.63, 3.8) is 0 Å². The number of hydrogen-bond acceptors (Lipinski definition) is 6. The topological polar surface area (TPSA) is 90.5 Å². The van der Waals surface area contributed by atoms with Gasteiger partial charge in [-0.05, 0) is 6.07 Å². The molecule has 1 aromatic carbocycles. The van der Waals surface area contributed by atoms with Crippen molar-refractivity contribution < 1.29 is 23.4 Å².